The van der Waals surface area contributed by atoms with Crippen LogP contribution in [0.25, 0.3) is 0 Å². The van der Waals surface area contributed by atoms with Crippen LogP contribution in [0.4, 0.5) is 0 Å². The maximum Gasteiger partial charge on any atom is 0.505 e. The van der Waals surface area contributed by atoms with E-state index in [2.05, 4.69) is 13.8 Å². The summed E-state index contributed by atoms with van der Waals surface area (Å²) in [6.07, 6.45) is 4.99. The van der Waals surface area contributed by atoms with E-state index in [9.17, 15) is 4.57 Å². The topological polar surface area (TPSA) is 37.3 Å². The van der Waals surface area contributed by atoms with Gasteiger partial charge in [-0.25, -0.2) is 0 Å². The summed E-state index contributed by atoms with van der Waals surface area (Å²) >= 11 is 0. The molecule has 0 bridgehead atoms. The molecule has 4 heteroatoms. The van der Waals surface area contributed by atoms with Crippen LogP contribution in [0.1, 0.15) is 39.5 Å². The third-order valence-electron chi connectivity index (χ3n) is 1.96. The Morgan fingerprint density at radius 1 is 1.42 bits per heavy atom. The zero-order valence-corrected chi connectivity index (χ0v) is 10.7. The van der Waals surface area contributed by atoms with Crippen LogP contribution in [0.3, 0.4) is 0 Å². The molecule has 2 nitrogen and oxygen atoms in total. The van der Waals surface area contributed by atoms with Gasteiger partial charge in [0.05, 0.1) is 0 Å². The fourth-order valence-electron chi connectivity index (χ4n) is 1.14. The van der Waals surface area contributed by atoms with Crippen LogP contribution in [0.5, 0.6) is 0 Å². The Morgan fingerprint density at radius 3 is 2.33 bits per heavy atom. The Kier molecular flexibility index (Phi) is 12.5. The van der Waals surface area contributed by atoms with Gasteiger partial charge < -0.3 is 0 Å². The minimum absolute atomic E-state index is 0. The molecule has 0 saturated carbocycles. The van der Waals surface area contributed by atoms with Gasteiger partial charge in [-0.3, -0.25) is 0 Å². The first kappa shape index (κ1) is 15.2. The van der Waals surface area contributed by atoms with Gasteiger partial charge >= 0.3 is 8.03 Å². The molecule has 0 aromatic heterocycles. The predicted molar refractivity (Wildman–Crippen MR) is 48.0 cm³/mol. The van der Waals surface area contributed by atoms with E-state index in [1.807, 2.05) is 0 Å². The minimum Gasteiger partial charge on any atom is -0.161 e. The quantitative estimate of drug-likeness (QED) is 0.596. The molecule has 2 unspecified atom stereocenters. The van der Waals surface area contributed by atoms with Crippen molar-refractivity contribution in [2.75, 3.05) is 6.16 Å². The number of hydrogen-bond acceptors (Lipinski definition) is 1. The molecule has 0 spiro atoms. The number of unbranched alkanes of at least 4 members (excludes halogenated alkanes) is 1. The molecule has 1 N–H and O–H groups in total. The van der Waals surface area contributed by atoms with E-state index >= 15 is 0 Å². The van der Waals surface area contributed by atoms with Gasteiger partial charge in [0.1, 0.15) is 0 Å². The maximum absolute atomic E-state index is 10.5. The standard InChI is InChI=1S/C8H17O2P.Mo/c1-3-5-6-8(4-2)7-11(9)10;/h8H,3-7H2,1-2H3;/p+1. The second-order valence-corrected chi connectivity index (χ2v) is 4.02. The normalized spacial score (nSPS) is 13.4. The SMILES string of the molecule is CCCCC(CC)C[P+](=O)O.[Mo]. The van der Waals surface area contributed by atoms with Crippen molar-refractivity contribution in [1.82, 2.24) is 0 Å². The molecule has 0 amide bonds. The van der Waals surface area contributed by atoms with Crippen LogP contribution in [0.2, 0.25) is 0 Å². The fourth-order valence-corrected chi connectivity index (χ4v) is 2.02. The van der Waals surface area contributed by atoms with Crippen molar-refractivity contribution < 1.29 is 30.5 Å². The average molecular weight is 273 g/mol. The molecule has 2 atom stereocenters. The molecule has 0 rings (SSSR count). The molecule has 72 valence electrons. The van der Waals surface area contributed by atoms with Gasteiger partial charge in [-0.05, 0) is 17.4 Å². The van der Waals surface area contributed by atoms with Gasteiger partial charge in [0.25, 0.3) is 0 Å². The number of hydrogen-bond donors (Lipinski definition) is 1. The molecule has 0 aromatic rings. The van der Waals surface area contributed by atoms with E-state index in [0.717, 1.165) is 12.8 Å². The van der Waals surface area contributed by atoms with Crippen LogP contribution >= 0.6 is 8.03 Å². The summed E-state index contributed by atoms with van der Waals surface area (Å²) < 4.78 is 10.5. The number of rotatable bonds is 6. The first-order valence-electron chi connectivity index (χ1n) is 4.34. The monoisotopic (exact) mass is 275 g/mol. The molecule has 0 aliphatic rings. The van der Waals surface area contributed by atoms with Crippen molar-refractivity contribution in [3.8, 4) is 0 Å². The van der Waals surface area contributed by atoms with Crippen molar-refractivity contribution in [3.63, 3.8) is 0 Å². The van der Waals surface area contributed by atoms with E-state index < -0.39 is 8.03 Å². The summed E-state index contributed by atoms with van der Waals surface area (Å²) in [6.45, 7) is 4.23. The summed E-state index contributed by atoms with van der Waals surface area (Å²) in [4.78, 5) is 8.66. The molecule has 0 saturated heterocycles. The maximum atomic E-state index is 10.5. The molecular formula is C8H18MoO2P+. The van der Waals surface area contributed by atoms with Gasteiger partial charge in [-0.15, -0.1) is 0 Å². The Morgan fingerprint density at radius 2 is 2.00 bits per heavy atom. The Labute approximate surface area is 90.3 Å². The van der Waals surface area contributed by atoms with Gasteiger partial charge in [0, 0.05) is 27.0 Å². The van der Waals surface area contributed by atoms with Crippen molar-refractivity contribution in [3.05, 3.63) is 0 Å². The molecule has 12 heavy (non-hydrogen) atoms. The Hall–Kier alpha value is 0.748. The van der Waals surface area contributed by atoms with Crippen LogP contribution in [0, 0.1) is 5.92 Å². The van der Waals surface area contributed by atoms with Crippen LogP contribution in [0.15, 0.2) is 0 Å². The van der Waals surface area contributed by atoms with Gasteiger partial charge in [0.15, 0.2) is 6.16 Å². The summed E-state index contributed by atoms with van der Waals surface area (Å²) in [5, 5.41) is 0. The van der Waals surface area contributed by atoms with Crippen LogP contribution in [-0.4, -0.2) is 11.1 Å². The van der Waals surface area contributed by atoms with E-state index in [0.29, 0.717) is 12.1 Å². The molecule has 0 aromatic carbocycles. The molecule has 0 heterocycles. The second-order valence-electron chi connectivity index (χ2n) is 2.95. The van der Waals surface area contributed by atoms with Crippen LogP contribution < -0.4 is 0 Å². The smallest absolute Gasteiger partial charge is 0.161 e. The molecule has 0 aliphatic carbocycles. The van der Waals surface area contributed by atoms with Gasteiger partial charge in [-0.1, -0.05) is 26.7 Å². The summed E-state index contributed by atoms with van der Waals surface area (Å²) in [7, 11) is -1.91. The van der Waals surface area contributed by atoms with Crippen molar-refractivity contribution in [2.45, 2.75) is 39.5 Å². The average Bonchev–Trinajstić information content (AvgIpc) is 1.97. The molecule has 0 radical (unpaired) electrons. The first-order chi connectivity index (χ1) is 5.20. The van der Waals surface area contributed by atoms with Gasteiger partial charge in [-0.2, -0.15) is 4.89 Å². The van der Waals surface area contributed by atoms with Crippen molar-refractivity contribution in [2.24, 2.45) is 5.92 Å². The summed E-state index contributed by atoms with van der Waals surface area (Å²) in [6, 6.07) is 0. The van der Waals surface area contributed by atoms with E-state index in [4.69, 9.17) is 4.89 Å². The molecular weight excluding hydrogens is 255 g/mol. The van der Waals surface area contributed by atoms with Crippen LogP contribution in [-0.2, 0) is 25.6 Å². The van der Waals surface area contributed by atoms with E-state index in [-0.39, 0.29) is 21.1 Å². The fraction of sp³-hybridized carbons (Fsp3) is 1.00. The largest absolute Gasteiger partial charge is 0.505 e. The van der Waals surface area contributed by atoms with E-state index in [1.165, 1.54) is 12.8 Å². The second kappa shape index (κ2) is 9.83. The van der Waals surface area contributed by atoms with Crippen molar-refractivity contribution in [1.29, 1.82) is 0 Å². The minimum atomic E-state index is -1.91. The third kappa shape index (κ3) is 8.84. The zero-order valence-electron chi connectivity index (χ0n) is 7.82. The summed E-state index contributed by atoms with van der Waals surface area (Å²) in [5.74, 6) is 0.462. The molecule has 0 fully saturated rings. The summed E-state index contributed by atoms with van der Waals surface area (Å²) in [5.41, 5.74) is 0. The Bertz CT molecular complexity index is 120. The molecule has 0 aliphatic heterocycles. The van der Waals surface area contributed by atoms with Gasteiger partial charge in [0.2, 0.25) is 0 Å². The van der Waals surface area contributed by atoms with Crippen molar-refractivity contribution >= 4 is 8.03 Å². The third-order valence-corrected chi connectivity index (χ3v) is 2.79. The predicted octanol–water partition coefficient (Wildman–Crippen LogP) is 2.94. The van der Waals surface area contributed by atoms with E-state index in [1.54, 1.807) is 0 Å². The first-order valence-corrected chi connectivity index (χ1v) is 5.74. The Balaban J connectivity index is 0. The zero-order chi connectivity index (χ0) is 8.69.